The molecule has 0 fully saturated rings. The van der Waals surface area contributed by atoms with Gasteiger partial charge in [0.1, 0.15) is 6.04 Å². The van der Waals surface area contributed by atoms with Gasteiger partial charge in [-0.3, -0.25) is 0 Å². The molecule has 5 heteroatoms. The van der Waals surface area contributed by atoms with E-state index in [1.807, 2.05) is 32.0 Å². The fourth-order valence-electron chi connectivity index (χ4n) is 1.67. The Morgan fingerprint density at radius 3 is 2.79 bits per heavy atom. The molecule has 0 saturated carbocycles. The van der Waals surface area contributed by atoms with Crippen molar-refractivity contribution in [1.82, 2.24) is 0 Å². The molecule has 1 aromatic carbocycles. The molecule has 0 amide bonds. The summed E-state index contributed by atoms with van der Waals surface area (Å²) in [6.45, 7) is 6.45. The molecule has 0 aliphatic carbocycles. The molecule has 1 atom stereocenters. The van der Waals surface area contributed by atoms with Crippen molar-refractivity contribution in [3.8, 4) is 11.5 Å². The smallest absolute Gasteiger partial charge is 0.328 e. The number of carbonyl (C=O) groups excluding carboxylic acids is 1. The predicted molar refractivity (Wildman–Crippen MR) is 71.4 cm³/mol. The van der Waals surface area contributed by atoms with Crippen LogP contribution in [0.2, 0.25) is 0 Å². The first kappa shape index (κ1) is 13.5. The van der Waals surface area contributed by atoms with Crippen LogP contribution in [0.4, 0.5) is 5.69 Å². The van der Waals surface area contributed by atoms with E-state index in [9.17, 15) is 4.79 Å². The van der Waals surface area contributed by atoms with Crippen LogP contribution in [0.15, 0.2) is 18.2 Å². The summed E-state index contributed by atoms with van der Waals surface area (Å²) < 4.78 is 15.7. The predicted octanol–water partition coefficient (Wildman–Crippen LogP) is 2.41. The summed E-state index contributed by atoms with van der Waals surface area (Å²) >= 11 is 0. The van der Waals surface area contributed by atoms with Crippen LogP contribution in [0.1, 0.15) is 20.8 Å². The molecule has 5 nitrogen and oxygen atoms in total. The average Bonchev–Trinajstić information content (AvgIpc) is 2.83. The van der Waals surface area contributed by atoms with Crippen molar-refractivity contribution < 1.29 is 19.0 Å². The summed E-state index contributed by atoms with van der Waals surface area (Å²) in [5.41, 5.74) is 0.804. The highest BCUT2D eigenvalue weighted by Crippen LogP contribution is 2.34. The number of nitrogens with one attached hydrogen (secondary N) is 1. The van der Waals surface area contributed by atoms with Gasteiger partial charge in [-0.1, -0.05) is 13.8 Å². The maximum absolute atomic E-state index is 11.7. The number of carbonyl (C=O) groups is 1. The van der Waals surface area contributed by atoms with Crippen LogP contribution < -0.4 is 14.8 Å². The number of rotatable bonds is 5. The van der Waals surface area contributed by atoms with Crippen molar-refractivity contribution in [2.24, 2.45) is 5.92 Å². The third-order valence-electron chi connectivity index (χ3n) is 2.67. The second-order valence-corrected chi connectivity index (χ2v) is 4.96. The Morgan fingerprint density at radius 2 is 2.05 bits per heavy atom. The standard InChI is InChI=1S/C14H19NO4/c1-9(2)7-17-14(16)10(3)15-11-4-5-12-13(6-11)19-8-18-12/h4-6,9-10,15H,7-8H2,1-3H3/t10-/m0/s1. The van der Waals surface area contributed by atoms with Gasteiger partial charge in [-0.05, 0) is 25.0 Å². The van der Waals surface area contributed by atoms with E-state index in [0.717, 1.165) is 11.4 Å². The van der Waals surface area contributed by atoms with Crippen LogP contribution in [0.5, 0.6) is 11.5 Å². The molecule has 0 aromatic heterocycles. The fraction of sp³-hybridized carbons (Fsp3) is 0.500. The first-order valence-electron chi connectivity index (χ1n) is 6.39. The molecule has 0 unspecified atom stereocenters. The highest BCUT2D eigenvalue weighted by Gasteiger charge is 2.17. The van der Waals surface area contributed by atoms with E-state index in [1.165, 1.54) is 0 Å². The van der Waals surface area contributed by atoms with Crippen LogP contribution in [0.25, 0.3) is 0 Å². The minimum atomic E-state index is -0.404. The lowest BCUT2D eigenvalue weighted by Gasteiger charge is -2.15. The van der Waals surface area contributed by atoms with Crippen molar-refractivity contribution in [3.05, 3.63) is 18.2 Å². The van der Waals surface area contributed by atoms with Crippen LogP contribution in [-0.4, -0.2) is 25.4 Å². The number of benzene rings is 1. The largest absolute Gasteiger partial charge is 0.464 e. The second-order valence-electron chi connectivity index (χ2n) is 4.96. The lowest BCUT2D eigenvalue weighted by atomic mass is 10.2. The molecule has 1 aromatic rings. The molecule has 0 radical (unpaired) electrons. The maximum Gasteiger partial charge on any atom is 0.328 e. The number of hydrogen-bond donors (Lipinski definition) is 1. The Bertz CT molecular complexity index is 459. The van der Waals surface area contributed by atoms with Gasteiger partial charge in [-0.15, -0.1) is 0 Å². The van der Waals surface area contributed by atoms with Gasteiger partial charge in [0.25, 0.3) is 0 Å². The highest BCUT2D eigenvalue weighted by molar-refractivity contribution is 5.79. The van der Waals surface area contributed by atoms with Gasteiger partial charge in [-0.25, -0.2) is 4.79 Å². The Labute approximate surface area is 112 Å². The van der Waals surface area contributed by atoms with Gasteiger partial charge in [0.15, 0.2) is 11.5 Å². The second kappa shape index (κ2) is 5.82. The van der Waals surface area contributed by atoms with E-state index in [0.29, 0.717) is 18.3 Å². The number of hydrogen-bond acceptors (Lipinski definition) is 5. The molecular weight excluding hydrogens is 246 g/mol. The van der Waals surface area contributed by atoms with Crippen molar-refractivity contribution in [3.63, 3.8) is 0 Å². The molecule has 1 aliphatic heterocycles. The van der Waals surface area contributed by atoms with Gasteiger partial charge in [0.05, 0.1) is 6.61 Å². The van der Waals surface area contributed by atoms with Crippen molar-refractivity contribution in [2.45, 2.75) is 26.8 Å². The van der Waals surface area contributed by atoms with Crippen LogP contribution in [0, 0.1) is 5.92 Å². The van der Waals surface area contributed by atoms with Crippen LogP contribution in [-0.2, 0) is 9.53 Å². The molecule has 104 valence electrons. The molecule has 1 heterocycles. The van der Waals surface area contributed by atoms with Crippen LogP contribution >= 0.6 is 0 Å². The highest BCUT2D eigenvalue weighted by atomic mass is 16.7. The summed E-state index contributed by atoms with van der Waals surface area (Å²) in [5, 5.41) is 3.08. The summed E-state index contributed by atoms with van der Waals surface area (Å²) in [6.07, 6.45) is 0. The van der Waals surface area contributed by atoms with E-state index in [-0.39, 0.29) is 12.8 Å². The first-order chi connectivity index (χ1) is 9.06. The van der Waals surface area contributed by atoms with Crippen molar-refractivity contribution in [2.75, 3.05) is 18.7 Å². The van der Waals surface area contributed by atoms with E-state index >= 15 is 0 Å². The Kier molecular flexibility index (Phi) is 4.14. The lowest BCUT2D eigenvalue weighted by molar-refractivity contribution is -0.145. The lowest BCUT2D eigenvalue weighted by Crippen LogP contribution is -2.29. The van der Waals surface area contributed by atoms with Gasteiger partial charge in [-0.2, -0.15) is 0 Å². The SMILES string of the molecule is CC(C)COC(=O)[C@H](C)Nc1ccc2c(c1)OCO2. The minimum Gasteiger partial charge on any atom is -0.464 e. The monoisotopic (exact) mass is 265 g/mol. The van der Waals surface area contributed by atoms with E-state index in [1.54, 1.807) is 6.92 Å². The molecule has 0 spiro atoms. The number of ether oxygens (including phenoxy) is 3. The third-order valence-corrected chi connectivity index (χ3v) is 2.67. The zero-order valence-electron chi connectivity index (χ0n) is 11.4. The van der Waals surface area contributed by atoms with Gasteiger partial charge < -0.3 is 19.5 Å². The molecule has 1 aliphatic rings. The van der Waals surface area contributed by atoms with Crippen LogP contribution in [0.3, 0.4) is 0 Å². The summed E-state index contributed by atoms with van der Waals surface area (Å²) in [7, 11) is 0. The van der Waals surface area contributed by atoms with Gasteiger partial charge >= 0.3 is 5.97 Å². The number of fused-ring (bicyclic) bond motifs is 1. The fourth-order valence-corrected chi connectivity index (χ4v) is 1.67. The normalized spacial score (nSPS) is 14.3. The molecule has 0 saturated heterocycles. The molecule has 2 rings (SSSR count). The summed E-state index contributed by atoms with van der Waals surface area (Å²) in [4.78, 5) is 11.7. The Hall–Kier alpha value is -1.91. The molecule has 0 bridgehead atoms. The minimum absolute atomic E-state index is 0.241. The van der Waals surface area contributed by atoms with E-state index in [2.05, 4.69) is 5.32 Å². The third kappa shape index (κ3) is 3.53. The zero-order chi connectivity index (χ0) is 13.8. The van der Waals surface area contributed by atoms with Crippen molar-refractivity contribution in [1.29, 1.82) is 0 Å². The average molecular weight is 265 g/mol. The number of esters is 1. The quantitative estimate of drug-likeness (QED) is 0.828. The van der Waals surface area contributed by atoms with Gasteiger partial charge in [0, 0.05) is 11.8 Å². The Morgan fingerprint density at radius 1 is 1.32 bits per heavy atom. The number of anilines is 1. The topological polar surface area (TPSA) is 56.8 Å². The molecular formula is C14H19NO4. The Balaban J connectivity index is 1.91. The maximum atomic E-state index is 11.7. The van der Waals surface area contributed by atoms with Crippen molar-refractivity contribution >= 4 is 11.7 Å². The zero-order valence-corrected chi connectivity index (χ0v) is 11.4. The molecule has 1 N–H and O–H groups in total. The summed E-state index contributed by atoms with van der Waals surface area (Å²) in [6, 6.07) is 5.07. The summed E-state index contributed by atoms with van der Waals surface area (Å²) in [5.74, 6) is 1.49. The molecule has 19 heavy (non-hydrogen) atoms. The first-order valence-corrected chi connectivity index (χ1v) is 6.39. The van der Waals surface area contributed by atoms with Gasteiger partial charge in [0.2, 0.25) is 6.79 Å². The van der Waals surface area contributed by atoms with E-state index < -0.39 is 6.04 Å². The van der Waals surface area contributed by atoms with E-state index in [4.69, 9.17) is 14.2 Å².